The molecule has 1 saturated heterocycles. The van der Waals surface area contributed by atoms with Gasteiger partial charge in [0.2, 0.25) is 0 Å². The normalized spacial score (nSPS) is 13.8. The summed E-state index contributed by atoms with van der Waals surface area (Å²) in [4.78, 5) is 28.7. The number of nitrogens with zero attached hydrogens (tertiary/aromatic N) is 3. The van der Waals surface area contributed by atoms with Crippen molar-refractivity contribution in [3.63, 3.8) is 0 Å². The standard InChI is InChI=1S/C27H30N4O5/c1-3-36-26-18-24(31(33)34)23(17-25(26)35-2)27(32)28-21-9-11-22(12-10-21)30-15-13-29(14-16-30)19-20-7-5-4-6-8-20/h4-12,17-18H,3,13-16,19H2,1-2H3,(H,28,32). The molecule has 0 unspecified atom stereocenters. The van der Waals surface area contributed by atoms with Crippen molar-refractivity contribution in [3.8, 4) is 11.5 Å². The van der Waals surface area contributed by atoms with Crippen LogP contribution in [0.3, 0.4) is 0 Å². The molecule has 0 spiro atoms. The number of nitro groups is 1. The third-order valence-electron chi connectivity index (χ3n) is 6.13. The highest BCUT2D eigenvalue weighted by Gasteiger charge is 2.25. The number of benzene rings is 3. The smallest absolute Gasteiger partial charge is 0.286 e. The third kappa shape index (κ3) is 5.92. The number of methoxy groups -OCH3 is 1. The van der Waals surface area contributed by atoms with Crippen molar-refractivity contribution in [2.45, 2.75) is 13.5 Å². The second kappa shape index (κ2) is 11.5. The summed E-state index contributed by atoms with van der Waals surface area (Å²) in [5.41, 5.74) is 2.49. The van der Waals surface area contributed by atoms with Gasteiger partial charge in [0.1, 0.15) is 5.56 Å². The Morgan fingerprint density at radius 1 is 1.00 bits per heavy atom. The van der Waals surface area contributed by atoms with Crippen LogP contribution in [0.1, 0.15) is 22.8 Å². The first-order valence-electron chi connectivity index (χ1n) is 11.9. The predicted octanol–water partition coefficient (Wildman–Crippen LogP) is 4.58. The van der Waals surface area contributed by atoms with Gasteiger partial charge in [0, 0.05) is 50.2 Å². The Bertz CT molecular complexity index is 1190. The number of piperazine rings is 1. The van der Waals surface area contributed by atoms with Crippen molar-refractivity contribution >= 4 is 23.0 Å². The molecule has 0 atom stereocenters. The van der Waals surface area contributed by atoms with Gasteiger partial charge in [-0.2, -0.15) is 0 Å². The molecular formula is C27H30N4O5. The van der Waals surface area contributed by atoms with Crippen LogP contribution < -0.4 is 19.7 Å². The van der Waals surface area contributed by atoms with Gasteiger partial charge in [-0.3, -0.25) is 19.8 Å². The van der Waals surface area contributed by atoms with E-state index in [-0.39, 0.29) is 22.7 Å². The van der Waals surface area contributed by atoms with Crippen molar-refractivity contribution in [3.05, 3.63) is 88.0 Å². The number of rotatable bonds is 9. The molecule has 1 amide bonds. The monoisotopic (exact) mass is 490 g/mol. The van der Waals surface area contributed by atoms with Gasteiger partial charge in [0.05, 0.1) is 24.7 Å². The van der Waals surface area contributed by atoms with Crippen LogP contribution in [0.15, 0.2) is 66.7 Å². The molecule has 0 bridgehead atoms. The van der Waals surface area contributed by atoms with E-state index >= 15 is 0 Å². The maximum absolute atomic E-state index is 12.9. The van der Waals surface area contributed by atoms with Crippen LogP contribution in [0.2, 0.25) is 0 Å². The van der Waals surface area contributed by atoms with Crippen molar-refractivity contribution in [1.29, 1.82) is 0 Å². The highest BCUT2D eigenvalue weighted by atomic mass is 16.6. The summed E-state index contributed by atoms with van der Waals surface area (Å²) in [6.07, 6.45) is 0. The van der Waals surface area contributed by atoms with Gasteiger partial charge in [-0.15, -0.1) is 0 Å². The summed E-state index contributed by atoms with van der Waals surface area (Å²) >= 11 is 0. The molecule has 188 valence electrons. The van der Waals surface area contributed by atoms with Crippen LogP contribution in [-0.2, 0) is 6.54 Å². The van der Waals surface area contributed by atoms with Gasteiger partial charge in [-0.05, 0) is 36.8 Å². The largest absolute Gasteiger partial charge is 0.493 e. The van der Waals surface area contributed by atoms with Crippen LogP contribution in [0.5, 0.6) is 11.5 Å². The van der Waals surface area contributed by atoms with Gasteiger partial charge >= 0.3 is 0 Å². The summed E-state index contributed by atoms with van der Waals surface area (Å²) < 4.78 is 10.7. The second-order valence-corrected chi connectivity index (χ2v) is 8.46. The number of nitro benzene ring substituents is 1. The Balaban J connectivity index is 1.40. The zero-order chi connectivity index (χ0) is 25.5. The maximum atomic E-state index is 12.9. The summed E-state index contributed by atoms with van der Waals surface area (Å²) in [7, 11) is 1.42. The number of hydrogen-bond acceptors (Lipinski definition) is 7. The fourth-order valence-electron chi connectivity index (χ4n) is 4.27. The second-order valence-electron chi connectivity index (χ2n) is 8.46. The maximum Gasteiger partial charge on any atom is 0.286 e. The Morgan fingerprint density at radius 2 is 1.69 bits per heavy atom. The van der Waals surface area contributed by atoms with Crippen LogP contribution in [-0.4, -0.2) is 55.6 Å². The number of hydrogen-bond donors (Lipinski definition) is 1. The molecule has 1 aliphatic rings. The number of anilines is 2. The molecule has 3 aromatic rings. The van der Waals surface area contributed by atoms with Crippen molar-refractivity contribution in [2.24, 2.45) is 0 Å². The average molecular weight is 491 g/mol. The Kier molecular flexibility index (Phi) is 8.02. The Hall–Kier alpha value is -4.11. The number of nitrogens with one attached hydrogen (secondary N) is 1. The molecule has 0 aliphatic carbocycles. The summed E-state index contributed by atoms with van der Waals surface area (Å²) in [6, 6.07) is 20.5. The van der Waals surface area contributed by atoms with E-state index in [9.17, 15) is 14.9 Å². The Morgan fingerprint density at radius 3 is 2.31 bits per heavy atom. The minimum Gasteiger partial charge on any atom is -0.493 e. The lowest BCUT2D eigenvalue weighted by molar-refractivity contribution is -0.385. The van der Waals surface area contributed by atoms with Gasteiger partial charge in [0.15, 0.2) is 11.5 Å². The predicted molar refractivity (Wildman–Crippen MR) is 139 cm³/mol. The average Bonchev–Trinajstić information content (AvgIpc) is 2.90. The first-order valence-corrected chi connectivity index (χ1v) is 11.9. The van der Waals surface area contributed by atoms with E-state index in [0.717, 1.165) is 38.4 Å². The van der Waals surface area contributed by atoms with Crippen LogP contribution in [0.25, 0.3) is 0 Å². The molecule has 1 heterocycles. The van der Waals surface area contributed by atoms with Crippen molar-refractivity contribution < 1.29 is 19.2 Å². The molecule has 3 aromatic carbocycles. The number of ether oxygens (including phenoxy) is 2. The molecule has 0 saturated carbocycles. The molecule has 9 heteroatoms. The van der Waals surface area contributed by atoms with E-state index in [0.29, 0.717) is 12.3 Å². The van der Waals surface area contributed by atoms with Gasteiger partial charge in [-0.1, -0.05) is 30.3 Å². The fourth-order valence-corrected chi connectivity index (χ4v) is 4.27. The first-order chi connectivity index (χ1) is 17.5. The third-order valence-corrected chi connectivity index (χ3v) is 6.13. The Labute approximate surface area is 210 Å². The van der Waals surface area contributed by atoms with Gasteiger partial charge < -0.3 is 19.7 Å². The van der Waals surface area contributed by atoms with E-state index in [4.69, 9.17) is 9.47 Å². The van der Waals surface area contributed by atoms with E-state index in [1.165, 1.54) is 24.8 Å². The van der Waals surface area contributed by atoms with Gasteiger partial charge in [0.25, 0.3) is 11.6 Å². The fraction of sp³-hybridized carbons (Fsp3) is 0.296. The van der Waals surface area contributed by atoms with Crippen molar-refractivity contribution in [2.75, 3.05) is 50.1 Å². The van der Waals surface area contributed by atoms with E-state index in [2.05, 4.69) is 39.4 Å². The molecule has 36 heavy (non-hydrogen) atoms. The first kappa shape index (κ1) is 25.0. The molecule has 1 N–H and O–H groups in total. The van der Waals surface area contributed by atoms with Crippen molar-refractivity contribution in [1.82, 2.24) is 4.90 Å². The molecular weight excluding hydrogens is 460 g/mol. The van der Waals surface area contributed by atoms with E-state index in [1.54, 1.807) is 19.1 Å². The molecule has 1 aliphatic heterocycles. The lowest BCUT2D eigenvalue weighted by Gasteiger charge is -2.36. The summed E-state index contributed by atoms with van der Waals surface area (Å²) in [6.45, 7) is 6.79. The van der Waals surface area contributed by atoms with Crippen LogP contribution in [0.4, 0.5) is 17.1 Å². The number of amides is 1. The highest BCUT2D eigenvalue weighted by molar-refractivity contribution is 6.07. The SMILES string of the molecule is CCOc1cc([N+](=O)[O-])c(C(=O)Nc2ccc(N3CCN(Cc4ccccc4)CC3)cc2)cc1OC. The molecule has 0 radical (unpaired) electrons. The van der Waals surface area contributed by atoms with E-state index in [1.807, 2.05) is 18.2 Å². The van der Waals surface area contributed by atoms with Crippen LogP contribution in [0, 0.1) is 10.1 Å². The summed E-state index contributed by atoms with van der Waals surface area (Å²) in [5.74, 6) is -0.115. The lowest BCUT2D eigenvalue weighted by atomic mass is 10.1. The van der Waals surface area contributed by atoms with Gasteiger partial charge in [-0.25, -0.2) is 0 Å². The van der Waals surface area contributed by atoms with E-state index < -0.39 is 10.8 Å². The molecule has 1 fully saturated rings. The number of carbonyl (C=O) groups excluding carboxylic acids is 1. The molecule has 4 rings (SSSR count). The zero-order valence-corrected chi connectivity index (χ0v) is 20.5. The van der Waals surface area contributed by atoms with Crippen LogP contribution >= 0.6 is 0 Å². The molecule has 0 aromatic heterocycles. The minimum absolute atomic E-state index is 0.0982. The topological polar surface area (TPSA) is 97.2 Å². The lowest BCUT2D eigenvalue weighted by Crippen LogP contribution is -2.45. The minimum atomic E-state index is -0.600. The molecule has 9 nitrogen and oxygen atoms in total. The zero-order valence-electron chi connectivity index (χ0n) is 20.5. The quantitative estimate of drug-likeness (QED) is 0.346. The highest BCUT2D eigenvalue weighted by Crippen LogP contribution is 2.35. The number of carbonyl (C=O) groups is 1. The summed E-state index contributed by atoms with van der Waals surface area (Å²) in [5, 5.41) is 14.4.